The van der Waals surface area contributed by atoms with Gasteiger partial charge < -0.3 is 4.90 Å². The summed E-state index contributed by atoms with van der Waals surface area (Å²) < 4.78 is 0. The van der Waals surface area contributed by atoms with Crippen LogP contribution in [0.1, 0.15) is 0 Å². The molecule has 0 unspecified atom stereocenters. The van der Waals surface area contributed by atoms with Crippen LogP contribution in [0, 0.1) is 6.07 Å². The molecule has 0 aliphatic carbocycles. The number of anilines is 1. The summed E-state index contributed by atoms with van der Waals surface area (Å²) in [6.45, 7) is 0. The molecule has 2 heteroatoms. The monoisotopic (exact) mass is 154 g/mol. The summed E-state index contributed by atoms with van der Waals surface area (Å²) in [6, 6.07) is 8.45. The lowest BCUT2D eigenvalue weighted by Crippen LogP contribution is -2.08. The second-order valence-corrected chi connectivity index (χ2v) is 2.68. The van der Waals surface area contributed by atoms with Crippen LogP contribution in [0.5, 0.6) is 0 Å². The van der Waals surface area contributed by atoms with Crippen LogP contribution in [0.2, 0.25) is 5.02 Å². The van der Waals surface area contributed by atoms with Gasteiger partial charge in [0.15, 0.2) is 0 Å². The van der Waals surface area contributed by atoms with Gasteiger partial charge in [0.1, 0.15) is 0 Å². The van der Waals surface area contributed by atoms with Gasteiger partial charge in [-0.05, 0) is 18.2 Å². The van der Waals surface area contributed by atoms with Gasteiger partial charge in [-0.25, -0.2) is 0 Å². The van der Waals surface area contributed by atoms with Crippen molar-refractivity contribution in [1.82, 2.24) is 0 Å². The van der Waals surface area contributed by atoms with E-state index in [2.05, 4.69) is 6.07 Å². The zero-order valence-electron chi connectivity index (χ0n) is 6.06. The number of rotatable bonds is 1. The Bertz CT molecular complexity index is 220. The molecule has 1 aromatic rings. The molecule has 10 heavy (non-hydrogen) atoms. The Hall–Kier alpha value is -0.690. The van der Waals surface area contributed by atoms with Crippen molar-refractivity contribution < 1.29 is 0 Å². The van der Waals surface area contributed by atoms with E-state index < -0.39 is 0 Å². The lowest BCUT2D eigenvalue weighted by atomic mass is 10.3. The summed E-state index contributed by atoms with van der Waals surface area (Å²) in [7, 11) is 3.91. The Morgan fingerprint density at radius 2 is 2.20 bits per heavy atom. The molecule has 1 rings (SSSR count). The molecule has 0 amide bonds. The summed E-state index contributed by atoms with van der Waals surface area (Å²) in [4.78, 5) is 1.96. The predicted octanol–water partition coefficient (Wildman–Crippen LogP) is 2.21. The highest BCUT2D eigenvalue weighted by Crippen LogP contribution is 2.21. The first kappa shape index (κ1) is 7.42. The van der Waals surface area contributed by atoms with Crippen molar-refractivity contribution in [2.45, 2.75) is 0 Å². The highest BCUT2D eigenvalue weighted by molar-refractivity contribution is 6.33. The molecule has 0 spiro atoms. The Kier molecular flexibility index (Phi) is 2.17. The van der Waals surface area contributed by atoms with Gasteiger partial charge in [-0.3, -0.25) is 0 Å². The van der Waals surface area contributed by atoms with E-state index in [0.29, 0.717) is 0 Å². The van der Waals surface area contributed by atoms with Crippen molar-refractivity contribution in [3.8, 4) is 0 Å². The van der Waals surface area contributed by atoms with Crippen molar-refractivity contribution in [3.63, 3.8) is 0 Å². The first-order chi connectivity index (χ1) is 4.72. The van der Waals surface area contributed by atoms with Crippen LogP contribution >= 0.6 is 11.6 Å². The number of nitrogens with zero attached hydrogens (tertiary/aromatic N) is 1. The third kappa shape index (κ3) is 1.42. The molecule has 0 N–H and O–H groups in total. The minimum Gasteiger partial charge on any atom is -0.376 e. The van der Waals surface area contributed by atoms with Gasteiger partial charge in [0.25, 0.3) is 0 Å². The minimum atomic E-state index is 0.767. The van der Waals surface area contributed by atoms with E-state index in [0.717, 1.165) is 10.7 Å². The highest BCUT2D eigenvalue weighted by Gasteiger charge is 1.97. The van der Waals surface area contributed by atoms with Crippen LogP contribution in [0.3, 0.4) is 0 Å². The van der Waals surface area contributed by atoms with Crippen molar-refractivity contribution in [2.75, 3.05) is 19.0 Å². The third-order valence-corrected chi connectivity index (χ3v) is 1.59. The molecule has 1 radical (unpaired) electrons. The van der Waals surface area contributed by atoms with Crippen LogP contribution in [0.15, 0.2) is 18.2 Å². The molecule has 0 aliphatic rings. The second kappa shape index (κ2) is 2.93. The SMILES string of the molecule is CN(C)c1c[c]ccc1Cl. The number of benzene rings is 1. The maximum atomic E-state index is 5.86. The van der Waals surface area contributed by atoms with Gasteiger partial charge >= 0.3 is 0 Å². The quantitative estimate of drug-likeness (QED) is 0.600. The lowest BCUT2D eigenvalue weighted by molar-refractivity contribution is 1.13. The number of halogens is 1. The smallest absolute Gasteiger partial charge is 0.0639 e. The van der Waals surface area contributed by atoms with E-state index in [1.807, 2.05) is 31.1 Å². The minimum absolute atomic E-state index is 0.767. The van der Waals surface area contributed by atoms with Crippen LogP contribution in [-0.2, 0) is 0 Å². The summed E-state index contributed by atoms with van der Waals surface area (Å²) in [5.41, 5.74) is 1.00. The molecule has 0 aliphatic heterocycles. The summed E-state index contributed by atoms with van der Waals surface area (Å²) in [5, 5.41) is 0.767. The summed E-state index contributed by atoms with van der Waals surface area (Å²) in [6.07, 6.45) is 0. The molecular weight excluding hydrogens is 146 g/mol. The van der Waals surface area contributed by atoms with Crippen LogP contribution in [-0.4, -0.2) is 14.1 Å². The average molecular weight is 155 g/mol. The van der Waals surface area contributed by atoms with Crippen molar-refractivity contribution in [2.24, 2.45) is 0 Å². The standard InChI is InChI=1S/C8H9ClN/c1-10(2)8-6-4-3-5-7(8)9/h3,5-6H,1-2H3. The average Bonchev–Trinajstić information content (AvgIpc) is 1.88. The van der Waals surface area contributed by atoms with Crippen LogP contribution in [0.4, 0.5) is 5.69 Å². The van der Waals surface area contributed by atoms with Crippen LogP contribution in [0.25, 0.3) is 0 Å². The summed E-state index contributed by atoms with van der Waals surface area (Å²) >= 11 is 5.86. The van der Waals surface area contributed by atoms with Gasteiger partial charge in [-0.15, -0.1) is 0 Å². The maximum absolute atomic E-state index is 5.86. The molecule has 0 saturated carbocycles. The maximum Gasteiger partial charge on any atom is 0.0639 e. The lowest BCUT2D eigenvalue weighted by Gasteiger charge is -2.12. The second-order valence-electron chi connectivity index (χ2n) is 2.27. The van der Waals surface area contributed by atoms with E-state index in [9.17, 15) is 0 Å². The fourth-order valence-corrected chi connectivity index (χ4v) is 1.03. The molecule has 0 aromatic heterocycles. The molecule has 0 bridgehead atoms. The fourth-order valence-electron chi connectivity index (χ4n) is 0.745. The van der Waals surface area contributed by atoms with Crippen LogP contribution < -0.4 is 4.90 Å². The Morgan fingerprint density at radius 1 is 1.50 bits per heavy atom. The summed E-state index contributed by atoms with van der Waals surface area (Å²) in [5.74, 6) is 0. The molecule has 0 atom stereocenters. The molecule has 0 fully saturated rings. The first-order valence-electron chi connectivity index (χ1n) is 3.05. The van der Waals surface area contributed by atoms with E-state index in [4.69, 9.17) is 11.6 Å². The van der Waals surface area contributed by atoms with E-state index >= 15 is 0 Å². The van der Waals surface area contributed by atoms with Gasteiger partial charge in [-0.2, -0.15) is 0 Å². The van der Waals surface area contributed by atoms with Crippen molar-refractivity contribution >= 4 is 17.3 Å². The topological polar surface area (TPSA) is 3.24 Å². The molecule has 1 aromatic carbocycles. The van der Waals surface area contributed by atoms with Gasteiger partial charge in [0, 0.05) is 14.1 Å². The van der Waals surface area contributed by atoms with Gasteiger partial charge in [0.05, 0.1) is 10.7 Å². The molecule has 1 nitrogen and oxygen atoms in total. The Labute approximate surface area is 66.2 Å². The first-order valence-corrected chi connectivity index (χ1v) is 3.42. The van der Waals surface area contributed by atoms with Crippen molar-refractivity contribution in [3.05, 3.63) is 29.3 Å². The van der Waals surface area contributed by atoms with E-state index in [1.54, 1.807) is 6.07 Å². The zero-order chi connectivity index (χ0) is 7.56. The molecule has 0 saturated heterocycles. The number of hydrogen-bond acceptors (Lipinski definition) is 1. The molecular formula is C8H9ClN. The van der Waals surface area contributed by atoms with E-state index in [1.165, 1.54) is 0 Å². The number of hydrogen-bond donors (Lipinski definition) is 0. The Balaban J connectivity index is 3.03. The van der Waals surface area contributed by atoms with Gasteiger partial charge in [0.2, 0.25) is 0 Å². The third-order valence-electron chi connectivity index (χ3n) is 1.27. The van der Waals surface area contributed by atoms with E-state index in [-0.39, 0.29) is 0 Å². The largest absolute Gasteiger partial charge is 0.376 e. The zero-order valence-corrected chi connectivity index (χ0v) is 6.81. The highest BCUT2D eigenvalue weighted by atomic mass is 35.5. The predicted molar refractivity (Wildman–Crippen MR) is 44.6 cm³/mol. The van der Waals surface area contributed by atoms with Gasteiger partial charge in [-0.1, -0.05) is 17.7 Å². The fraction of sp³-hybridized carbons (Fsp3) is 0.250. The molecule has 0 heterocycles. The normalized spacial score (nSPS) is 9.50. The van der Waals surface area contributed by atoms with Crippen molar-refractivity contribution in [1.29, 1.82) is 0 Å². The Morgan fingerprint density at radius 3 is 2.60 bits per heavy atom. The molecule has 53 valence electrons.